The van der Waals surface area contributed by atoms with Crippen LogP contribution < -0.4 is 16.0 Å². The molecule has 1 fully saturated rings. The van der Waals surface area contributed by atoms with Gasteiger partial charge in [-0.25, -0.2) is 9.37 Å². The zero-order valence-electron chi connectivity index (χ0n) is 14.4. The van der Waals surface area contributed by atoms with Crippen molar-refractivity contribution < 1.29 is 22.4 Å². The molecule has 1 aliphatic rings. The highest BCUT2D eigenvalue weighted by Gasteiger charge is 2.42. The van der Waals surface area contributed by atoms with Gasteiger partial charge in [0.1, 0.15) is 16.8 Å². The van der Waals surface area contributed by atoms with E-state index >= 15 is 0 Å². The number of hydrogen-bond acceptors (Lipinski definition) is 5. The van der Waals surface area contributed by atoms with Gasteiger partial charge in [0.05, 0.1) is 6.04 Å². The summed E-state index contributed by atoms with van der Waals surface area (Å²) < 4.78 is 51.6. The SMILES string of the molecule is Nc1nc(Cl)cc(N2CCC(c3ccc(F)cc3)C(NC(=O)C(F)(F)F)C2)n1. The number of carbonyl (C=O) groups is 1. The highest BCUT2D eigenvalue weighted by Crippen LogP contribution is 2.32. The summed E-state index contributed by atoms with van der Waals surface area (Å²) in [6.45, 7) is 0.462. The third kappa shape index (κ3) is 4.61. The first-order valence-electron chi connectivity index (χ1n) is 8.31. The van der Waals surface area contributed by atoms with Crippen LogP contribution in [0.15, 0.2) is 30.3 Å². The second-order valence-electron chi connectivity index (χ2n) is 6.38. The molecular weight excluding hydrogens is 402 g/mol. The zero-order valence-corrected chi connectivity index (χ0v) is 15.1. The van der Waals surface area contributed by atoms with Crippen molar-refractivity contribution in [3.05, 3.63) is 46.9 Å². The topological polar surface area (TPSA) is 84.1 Å². The Hall–Kier alpha value is -2.62. The number of rotatable bonds is 3. The molecule has 1 saturated heterocycles. The van der Waals surface area contributed by atoms with Crippen LogP contribution in [-0.2, 0) is 4.79 Å². The van der Waals surface area contributed by atoms with Crippen molar-refractivity contribution in [1.29, 1.82) is 0 Å². The molecule has 1 amide bonds. The van der Waals surface area contributed by atoms with Gasteiger partial charge in [-0.3, -0.25) is 4.79 Å². The number of carbonyl (C=O) groups excluding carboxylic acids is 1. The number of nitrogens with two attached hydrogens (primary N) is 1. The number of nitrogens with one attached hydrogen (secondary N) is 1. The Morgan fingerprint density at radius 2 is 1.93 bits per heavy atom. The molecule has 3 rings (SSSR count). The average Bonchev–Trinajstić information content (AvgIpc) is 2.61. The molecule has 0 spiro atoms. The van der Waals surface area contributed by atoms with Crippen molar-refractivity contribution in [3.8, 4) is 0 Å². The Balaban J connectivity index is 1.87. The fourth-order valence-corrected chi connectivity index (χ4v) is 3.43. The zero-order chi connectivity index (χ0) is 20.5. The Morgan fingerprint density at radius 3 is 2.54 bits per heavy atom. The number of hydrogen-bond donors (Lipinski definition) is 2. The Labute approximate surface area is 162 Å². The summed E-state index contributed by atoms with van der Waals surface area (Å²) in [4.78, 5) is 21.0. The summed E-state index contributed by atoms with van der Waals surface area (Å²) in [7, 11) is 0. The highest BCUT2D eigenvalue weighted by atomic mass is 35.5. The van der Waals surface area contributed by atoms with Gasteiger partial charge in [0.2, 0.25) is 5.95 Å². The van der Waals surface area contributed by atoms with E-state index in [1.54, 1.807) is 4.90 Å². The Bertz CT molecular complexity index is 841. The maximum Gasteiger partial charge on any atom is 0.471 e. The van der Waals surface area contributed by atoms with Crippen molar-refractivity contribution >= 4 is 29.3 Å². The quantitative estimate of drug-likeness (QED) is 0.592. The van der Waals surface area contributed by atoms with Gasteiger partial charge in [0.25, 0.3) is 0 Å². The van der Waals surface area contributed by atoms with E-state index in [0.717, 1.165) is 0 Å². The van der Waals surface area contributed by atoms with Gasteiger partial charge in [-0.15, -0.1) is 0 Å². The summed E-state index contributed by atoms with van der Waals surface area (Å²) in [5.41, 5.74) is 6.22. The van der Waals surface area contributed by atoms with E-state index in [2.05, 4.69) is 9.97 Å². The lowest BCUT2D eigenvalue weighted by atomic mass is 9.85. The van der Waals surface area contributed by atoms with Crippen LogP contribution in [0, 0.1) is 5.82 Å². The lowest BCUT2D eigenvalue weighted by Crippen LogP contribution is -2.54. The number of aromatic nitrogens is 2. The molecule has 0 aliphatic carbocycles. The van der Waals surface area contributed by atoms with Gasteiger partial charge in [-0.2, -0.15) is 18.2 Å². The fourth-order valence-electron chi connectivity index (χ4n) is 3.25. The largest absolute Gasteiger partial charge is 0.471 e. The van der Waals surface area contributed by atoms with Gasteiger partial charge in [0.15, 0.2) is 0 Å². The van der Waals surface area contributed by atoms with E-state index < -0.39 is 29.9 Å². The molecule has 2 unspecified atom stereocenters. The van der Waals surface area contributed by atoms with E-state index in [1.165, 1.54) is 30.3 Å². The lowest BCUT2D eigenvalue weighted by molar-refractivity contribution is -0.174. The number of alkyl halides is 3. The summed E-state index contributed by atoms with van der Waals surface area (Å²) in [5.74, 6) is -2.65. The van der Waals surface area contributed by atoms with Crippen LogP contribution in [-0.4, -0.2) is 41.2 Å². The third-order valence-corrected chi connectivity index (χ3v) is 4.70. The molecule has 1 aromatic heterocycles. The minimum absolute atomic E-state index is 0.0383. The molecule has 0 bridgehead atoms. The van der Waals surface area contributed by atoms with Crippen molar-refractivity contribution in [2.45, 2.75) is 24.6 Å². The molecule has 1 aliphatic heterocycles. The van der Waals surface area contributed by atoms with Crippen LogP contribution in [0.25, 0.3) is 0 Å². The molecule has 0 saturated carbocycles. The normalized spacial score (nSPS) is 20.1. The Kier molecular flexibility index (Phi) is 5.59. The van der Waals surface area contributed by atoms with E-state index in [4.69, 9.17) is 17.3 Å². The summed E-state index contributed by atoms with van der Waals surface area (Å²) >= 11 is 5.88. The van der Waals surface area contributed by atoms with Crippen molar-refractivity contribution in [3.63, 3.8) is 0 Å². The molecule has 1 aromatic carbocycles. The first kappa shape index (κ1) is 20.1. The molecule has 11 heteroatoms. The minimum atomic E-state index is -5.02. The van der Waals surface area contributed by atoms with Gasteiger partial charge in [0, 0.05) is 25.1 Å². The van der Waals surface area contributed by atoms with Crippen LogP contribution in [0.5, 0.6) is 0 Å². The molecule has 28 heavy (non-hydrogen) atoms. The predicted molar refractivity (Wildman–Crippen MR) is 95.4 cm³/mol. The average molecular weight is 418 g/mol. The van der Waals surface area contributed by atoms with E-state index in [1.807, 2.05) is 5.32 Å². The summed E-state index contributed by atoms with van der Waals surface area (Å²) in [6, 6.07) is 6.02. The van der Waals surface area contributed by atoms with Crippen LogP contribution in [0.3, 0.4) is 0 Å². The second kappa shape index (κ2) is 7.78. The number of anilines is 2. The van der Waals surface area contributed by atoms with E-state index in [0.29, 0.717) is 24.3 Å². The third-order valence-electron chi connectivity index (χ3n) is 4.51. The molecule has 2 heterocycles. The number of amides is 1. The maximum atomic E-state index is 13.2. The van der Waals surface area contributed by atoms with Gasteiger partial charge in [-0.05, 0) is 24.1 Å². The van der Waals surface area contributed by atoms with E-state index in [9.17, 15) is 22.4 Å². The molecule has 150 valence electrons. The van der Waals surface area contributed by atoms with Crippen LogP contribution >= 0.6 is 11.6 Å². The van der Waals surface area contributed by atoms with Crippen molar-refractivity contribution in [1.82, 2.24) is 15.3 Å². The fraction of sp³-hybridized carbons (Fsp3) is 0.353. The number of nitrogens with zero attached hydrogens (tertiary/aromatic N) is 3. The van der Waals surface area contributed by atoms with Crippen LogP contribution in [0.4, 0.5) is 29.3 Å². The number of piperidine rings is 1. The first-order valence-corrected chi connectivity index (χ1v) is 8.69. The summed E-state index contributed by atoms with van der Waals surface area (Å²) in [6.07, 6.45) is -4.62. The van der Waals surface area contributed by atoms with Gasteiger partial charge in [-0.1, -0.05) is 23.7 Å². The van der Waals surface area contributed by atoms with Crippen molar-refractivity contribution in [2.75, 3.05) is 23.7 Å². The predicted octanol–water partition coefficient (Wildman–Crippen LogP) is 2.89. The molecule has 3 N–H and O–H groups in total. The molecule has 0 radical (unpaired) electrons. The smallest absolute Gasteiger partial charge is 0.368 e. The maximum absolute atomic E-state index is 13.2. The number of benzene rings is 1. The number of halogens is 5. The van der Waals surface area contributed by atoms with Crippen LogP contribution in [0.1, 0.15) is 17.9 Å². The molecule has 2 atom stereocenters. The van der Waals surface area contributed by atoms with Crippen LogP contribution in [0.2, 0.25) is 5.15 Å². The van der Waals surface area contributed by atoms with Crippen molar-refractivity contribution in [2.24, 2.45) is 0 Å². The summed E-state index contributed by atoms with van der Waals surface area (Å²) in [5, 5.41) is 2.14. The standard InChI is InChI=1S/C17H16ClF4N5O/c18-13-7-14(26-16(23)25-13)27-6-5-11(9-1-3-10(19)4-2-9)12(8-27)24-15(28)17(20,21)22/h1-4,7,11-12H,5-6,8H2,(H,24,28)(H2,23,25,26). The molecule has 6 nitrogen and oxygen atoms in total. The monoisotopic (exact) mass is 417 g/mol. The Morgan fingerprint density at radius 1 is 1.25 bits per heavy atom. The highest BCUT2D eigenvalue weighted by molar-refractivity contribution is 6.29. The second-order valence-corrected chi connectivity index (χ2v) is 6.76. The molecule has 2 aromatic rings. The minimum Gasteiger partial charge on any atom is -0.368 e. The lowest BCUT2D eigenvalue weighted by Gasteiger charge is -2.40. The molecular formula is C17H16ClF4N5O. The van der Waals surface area contributed by atoms with E-state index in [-0.39, 0.29) is 17.6 Å². The van der Waals surface area contributed by atoms with Gasteiger partial charge >= 0.3 is 12.1 Å². The first-order chi connectivity index (χ1) is 13.1. The number of nitrogen functional groups attached to an aromatic ring is 1. The van der Waals surface area contributed by atoms with Gasteiger partial charge < -0.3 is 16.0 Å².